The lowest BCUT2D eigenvalue weighted by Crippen LogP contribution is -2.16. The number of esters is 1. The number of benzene rings is 2. The molecule has 1 aliphatic rings. The van der Waals surface area contributed by atoms with Crippen molar-refractivity contribution in [2.75, 3.05) is 20.3 Å². The molecule has 7 heteroatoms. The summed E-state index contributed by atoms with van der Waals surface area (Å²) >= 11 is 0. The van der Waals surface area contributed by atoms with Gasteiger partial charge in [-0.2, -0.15) is 0 Å². The maximum atomic E-state index is 12.4. The summed E-state index contributed by atoms with van der Waals surface area (Å²) in [6.45, 7) is 1.23. The van der Waals surface area contributed by atoms with E-state index < -0.39 is 11.6 Å². The van der Waals surface area contributed by atoms with Gasteiger partial charge in [0, 0.05) is 29.7 Å². The van der Waals surface area contributed by atoms with Crippen molar-refractivity contribution in [3.63, 3.8) is 0 Å². The zero-order chi connectivity index (χ0) is 20.9. The third kappa shape index (κ3) is 4.63. The lowest BCUT2D eigenvalue weighted by molar-refractivity contribution is 0.0473. The molecule has 7 nitrogen and oxygen atoms in total. The van der Waals surface area contributed by atoms with E-state index in [0.717, 1.165) is 19.4 Å². The van der Waals surface area contributed by atoms with Gasteiger partial charge in [-0.15, -0.1) is 0 Å². The maximum absolute atomic E-state index is 12.4. The quantitative estimate of drug-likeness (QED) is 0.434. The van der Waals surface area contributed by atoms with Crippen LogP contribution in [0.2, 0.25) is 0 Å². The molecule has 156 valence electrons. The second-order valence-corrected chi connectivity index (χ2v) is 7.00. The van der Waals surface area contributed by atoms with Gasteiger partial charge in [0.15, 0.2) is 0 Å². The average Bonchev–Trinajstić information content (AvgIpc) is 3.29. The Hall–Kier alpha value is -3.32. The molecule has 3 aromatic rings. The topological polar surface area (TPSA) is 84.2 Å². The molecule has 2 aromatic carbocycles. The van der Waals surface area contributed by atoms with Crippen LogP contribution in [0.5, 0.6) is 11.5 Å². The van der Waals surface area contributed by atoms with E-state index in [2.05, 4.69) is 0 Å². The molecule has 1 aromatic heterocycles. The second kappa shape index (κ2) is 9.00. The van der Waals surface area contributed by atoms with Crippen LogP contribution in [0.3, 0.4) is 0 Å². The molecule has 0 radical (unpaired) electrons. The minimum Gasteiger partial charge on any atom is -0.497 e. The van der Waals surface area contributed by atoms with Gasteiger partial charge in [0.05, 0.1) is 18.8 Å². The van der Waals surface area contributed by atoms with E-state index in [4.69, 9.17) is 23.4 Å². The highest BCUT2D eigenvalue weighted by atomic mass is 16.5. The van der Waals surface area contributed by atoms with E-state index in [1.165, 1.54) is 13.2 Å². The molecule has 0 bridgehead atoms. The number of hydrogen-bond donors (Lipinski definition) is 0. The molecule has 2 heterocycles. The predicted octanol–water partition coefficient (Wildman–Crippen LogP) is 3.72. The Morgan fingerprint density at radius 3 is 2.63 bits per heavy atom. The van der Waals surface area contributed by atoms with Gasteiger partial charge in [0.2, 0.25) is 0 Å². The molecule has 0 saturated carbocycles. The third-order valence-electron chi connectivity index (χ3n) is 4.95. The molecular weight excluding hydrogens is 388 g/mol. The zero-order valence-corrected chi connectivity index (χ0v) is 16.6. The molecule has 1 atom stereocenters. The largest absolute Gasteiger partial charge is 0.497 e. The first-order chi connectivity index (χ1) is 14.6. The van der Waals surface area contributed by atoms with Crippen molar-refractivity contribution in [2.45, 2.75) is 25.6 Å². The molecule has 0 N–H and O–H groups in total. The molecule has 1 aliphatic heterocycles. The van der Waals surface area contributed by atoms with Gasteiger partial charge in [-0.25, -0.2) is 9.59 Å². The minimum absolute atomic E-state index is 0.0511. The third-order valence-corrected chi connectivity index (χ3v) is 4.95. The fourth-order valence-corrected chi connectivity index (χ4v) is 3.34. The number of methoxy groups -OCH3 is 1. The summed E-state index contributed by atoms with van der Waals surface area (Å²) in [5.74, 6) is 0.750. The summed E-state index contributed by atoms with van der Waals surface area (Å²) < 4.78 is 27.0. The normalized spacial score (nSPS) is 15.8. The van der Waals surface area contributed by atoms with Gasteiger partial charge < -0.3 is 23.4 Å². The molecular formula is C23H22O7. The van der Waals surface area contributed by atoms with Gasteiger partial charge in [0.1, 0.15) is 30.3 Å². The maximum Gasteiger partial charge on any atom is 0.338 e. The number of rotatable bonds is 7. The number of hydrogen-bond acceptors (Lipinski definition) is 7. The summed E-state index contributed by atoms with van der Waals surface area (Å²) in [7, 11) is 1.53. The molecule has 0 unspecified atom stereocenters. The van der Waals surface area contributed by atoms with Crippen molar-refractivity contribution < 1.29 is 28.2 Å². The van der Waals surface area contributed by atoms with Crippen LogP contribution in [0, 0.1) is 0 Å². The SMILES string of the molecule is COc1ccc2c(COC(=O)c3ccc(OC[C@@H]4CCCO4)cc3)cc(=O)oc2c1. The fourth-order valence-electron chi connectivity index (χ4n) is 3.34. The first-order valence-corrected chi connectivity index (χ1v) is 9.75. The Morgan fingerprint density at radius 1 is 1.10 bits per heavy atom. The molecule has 0 spiro atoms. The summed E-state index contributed by atoms with van der Waals surface area (Å²) in [6, 6.07) is 13.2. The monoisotopic (exact) mass is 410 g/mol. The Kier molecular flexibility index (Phi) is 5.99. The van der Waals surface area contributed by atoms with Gasteiger partial charge in [-0.1, -0.05) is 0 Å². The predicted molar refractivity (Wildman–Crippen MR) is 109 cm³/mol. The van der Waals surface area contributed by atoms with Gasteiger partial charge in [-0.05, 0) is 49.2 Å². The Bertz CT molecular complexity index is 1080. The summed E-state index contributed by atoms with van der Waals surface area (Å²) in [6.07, 6.45) is 2.20. The van der Waals surface area contributed by atoms with Crippen molar-refractivity contribution >= 4 is 16.9 Å². The van der Waals surface area contributed by atoms with E-state index in [9.17, 15) is 9.59 Å². The van der Waals surface area contributed by atoms with Crippen LogP contribution < -0.4 is 15.1 Å². The smallest absolute Gasteiger partial charge is 0.338 e. The molecule has 1 saturated heterocycles. The first kappa shape index (κ1) is 20.0. The molecule has 30 heavy (non-hydrogen) atoms. The molecule has 0 aliphatic carbocycles. The average molecular weight is 410 g/mol. The van der Waals surface area contributed by atoms with E-state index in [1.807, 2.05) is 0 Å². The van der Waals surface area contributed by atoms with Crippen molar-refractivity contribution in [1.29, 1.82) is 0 Å². The summed E-state index contributed by atoms with van der Waals surface area (Å²) in [4.78, 5) is 24.3. The van der Waals surface area contributed by atoms with Gasteiger partial charge >= 0.3 is 11.6 Å². The molecule has 1 fully saturated rings. The van der Waals surface area contributed by atoms with E-state index in [0.29, 0.717) is 40.2 Å². The summed E-state index contributed by atoms with van der Waals surface area (Å²) in [5, 5.41) is 0.682. The standard InChI is InChI=1S/C23H22O7/c1-26-18-8-9-20-16(11-22(24)30-21(20)12-18)13-29-23(25)15-4-6-17(7-5-15)28-14-19-3-2-10-27-19/h4-9,11-12,19H,2-3,10,13-14H2,1H3/t19-/m0/s1. The van der Waals surface area contributed by atoms with Crippen LogP contribution in [0.15, 0.2) is 57.7 Å². The van der Waals surface area contributed by atoms with Crippen LogP contribution in [0.1, 0.15) is 28.8 Å². The summed E-state index contributed by atoms with van der Waals surface area (Å²) in [5.41, 5.74) is 0.817. The fraction of sp³-hybridized carbons (Fsp3) is 0.304. The highest BCUT2D eigenvalue weighted by molar-refractivity contribution is 5.90. The van der Waals surface area contributed by atoms with E-state index >= 15 is 0 Å². The Morgan fingerprint density at radius 2 is 1.90 bits per heavy atom. The van der Waals surface area contributed by atoms with Crippen molar-refractivity contribution in [3.8, 4) is 11.5 Å². The van der Waals surface area contributed by atoms with Crippen molar-refractivity contribution in [3.05, 3.63) is 70.1 Å². The molecule has 4 rings (SSSR count). The highest BCUT2D eigenvalue weighted by Crippen LogP contribution is 2.23. The van der Waals surface area contributed by atoms with E-state index in [-0.39, 0.29) is 12.7 Å². The first-order valence-electron chi connectivity index (χ1n) is 9.75. The minimum atomic E-state index is -0.519. The number of ether oxygens (including phenoxy) is 4. The number of carbonyl (C=O) groups is 1. The van der Waals surface area contributed by atoms with Gasteiger partial charge in [-0.3, -0.25) is 0 Å². The zero-order valence-electron chi connectivity index (χ0n) is 16.6. The Labute approximate surface area is 173 Å². The van der Waals surface area contributed by atoms with Crippen LogP contribution >= 0.6 is 0 Å². The Balaban J connectivity index is 1.40. The van der Waals surface area contributed by atoms with Crippen LogP contribution in [-0.2, 0) is 16.1 Å². The van der Waals surface area contributed by atoms with Crippen LogP contribution in [0.4, 0.5) is 0 Å². The highest BCUT2D eigenvalue weighted by Gasteiger charge is 2.16. The van der Waals surface area contributed by atoms with Crippen molar-refractivity contribution in [2.24, 2.45) is 0 Å². The molecule has 0 amide bonds. The number of carbonyl (C=O) groups excluding carboxylic acids is 1. The van der Waals surface area contributed by atoms with Crippen LogP contribution in [-0.4, -0.2) is 32.4 Å². The number of fused-ring (bicyclic) bond motifs is 1. The van der Waals surface area contributed by atoms with Gasteiger partial charge in [0.25, 0.3) is 0 Å². The van der Waals surface area contributed by atoms with E-state index in [1.54, 1.807) is 42.5 Å². The van der Waals surface area contributed by atoms with Crippen molar-refractivity contribution in [1.82, 2.24) is 0 Å². The lowest BCUT2D eigenvalue weighted by Gasteiger charge is -2.12. The lowest BCUT2D eigenvalue weighted by atomic mass is 10.1. The second-order valence-electron chi connectivity index (χ2n) is 7.00. The van der Waals surface area contributed by atoms with Crippen LogP contribution in [0.25, 0.3) is 11.0 Å².